The highest BCUT2D eigenvalue weighted by Gasteiger charge is 2.42. The van der Waals surface area contributed by atoms with E-state index in [1.807, 2.05) is 18.7 Å². The number of hydrogen-bond acceptors (Lipinski definition) is 8. The molecule has 1 saturated carbocycles. The van der Waals surface area contributed by atoms with Crippen LogP contribution in [0.15, 0.2) is 30.6 Å². The molecule has 50 heavy (non-hydrogen) atoms. The number of piperidine rings is 1. The molecule has 1 aliphatic carbocycles. The molecule has 0 spiro atoms. The van der Waals surface area contributed by atoms with E-state index in [-0.39, 0.29) is 36.2 Å². The molecular weight excluding hydrogens is 672 g/mol. The second-order valence-electron chi connectivity index (χ2n) is 13.5. The second-order valence-corrected chi connectivity index (χ2v) is 13.5. The van der Waals surface area contributed by atoms with Crippen LogP contribution in [-0.2, 0) is 28.4 Å². The Bertz CT molecular complexity index is 1440. The lowest BCUT2D eigenvalue weighted by Crippen LogP contribution is -2.57. The SMILES string of the molecule is CCC1CC(N(Cc2cc(C(F)(F)F)cc(C(F)(F)F)c2)c2ncc(N3CCC(O)C3)cn2)CC(CC)N1C(=O)OC1CCC(C(=O)O)CC1. The topological polar surface area (TPSA) is 119 Å². The number of rotatable bonds is 9. The number of ether oxygens (including phenoxy) is 1. The number of carbonyl (C=O) groups is 2. The number of carboxylic acid groups (broad SMARTS) is 1. The molecule has 5 rings (SSSR count). The van der Waals surface area contributed by atoms with Crippen molar-refractivity contribution >= 4 is 23.7 Å². The van der Waals surface area contributed by atoms with Gasteiger partial charge in [0, 0.05) is 37.8 Å². The average molecular weight is 716 g/mol. The molecule has 3 unspecified atom stereocenters. The number of β-amino-alcohol motifs (C(OH)–C–C–N with tert-alkyl or cyclic N) is 1. The van der Waals surface area contributed by atoms with Crippen LogP contribution >= 0.6 is 0 Å². The van der Waals surface area contributed by atoms with Crippen LogP contribution < -0.4 is 9.80 Å². The minimum absolute atomic E-state index is 0.0993. The number of aliphatic hydroxyl groups excluding tert-OH is 1. The molecule has 1 aromatic heterocycles. The van der Waals surface area contributed by atoms with Crippen molar-refractivity contribution in [1.82, 2.24) is 14.9 Å². The normalized spacial score (nSPS) is 26.2. The van der Waals surface area contributed by atoms with E-state index in [4.69, 9.17) is 4.74 Å². The van der Waals surface area contributed by atoms with Crippen molar-refractivity contribution in [2.45, 2.75) is 121 Å². The van der Waals surface area contributed by atoms with Crippen LogP contribution in [0.25, 0.3) is 0 Å². The third kappa shape index (κ3) is 8.72. The maximum atomic E-state index is 13.8. The Morgan fingerprint density at radius 1 is 0.900 bits per heavy atom. The summed E-state index contributed by atoms with van der Waals surface area (Å²) in [6, 6.07) is 0.305. The highest BCUT2D eigenvalue weighted by Crippen LogP contribution is 2.39. The Balaban J connectivity index is 1.44. The molecular formula is C34H43F6N5O5. The van der Waals surface area contributed by atoms with Crippen molar-refractivity contribution in [3.05, 3.63) is 47.3 Å². The van der Waals surface area contributed by atoms with Gasteiger partial charge in [0.2, 0.25) is 5.95 Å². The second kappa shape index (κ2) is 15.2. The van der Waals surface area contributed by atoms with E-state index in [9.17, 15) is 46.1 Å². The number of benzene rings is 1. The molecule has 0 bridgehead atoms. The van der Waals surface area contributed by atoms with Crippen LogP contribution in [0.3, 0.4) is 0 Å². The zero-order valence-electron chi connectivity index (χ0n) is 28.0. The fourth-order valence-corrected chi connectivity index (χ4v) is 7.43. The number of nitrogens with zero attached hydrogens (tertiary/aromatic N) is 5. The van der Waals surface area contributed by atoms with Crippen molar-refractivity contribution in [1.29, 1.82) is 0 Å². The van der Waals surface area contributed by atoms with Gasteiger partial charge in [-0.3, -0.25) is 4.79 Å². The monoisotopic (exact) mass is 715 g/mol. The summed E-state index contributed by atoms with van der Waals surface area (Å²) in [5.74, 6) is -1.23. The number of alkyl halides is 6. The first-order valence-electron chi connectivity index (χ1n) is 17.1. The highest BCUT2D eigenvalue weighted by molar-refractivity contribution is 5.70. The number of likely N-dealkylation sites (tertiary alicyclic amines) is 1. The van der Waals surface area contributed by atoms with Gasteiger partial charge in [-0.15, -0.1) is 0 Å². The first kappa shape index (κ1) is 37.4. The van der Waals surface area contributed by atoms with Crippen molar-refractivity contribution in [3.63, 3.8) is 0 Å². The van der Waals surface area contributed by atoms with Crippen molar-refractivity contribution in [2.75, 3.05) is 22.9 Å². The van der Waals surface area contributed by atoms with Gasteiger partial charge in [0.05, 0.1) is 41.2 Å². The van der Waals surface area contributed by atoms with Crippen molar-refractivity contribution in [3.8, 4) is 0 Å². The van der Waals surface area contributed by atoms with E-state index in [1.165, 1.54) is 12.4 Å². The Kier molecular flexibility index (Phi) is 11.4. The third-order valence-corrected chi connectivity index (χ3v) is 10.2. The van der Waals surface area contributed by atoms with Gasteiger partial charge < -0.3 is 29.6 Å². The van der Waals surface area contributed by atoms with Crippen LogP contribution in [0.1, 0.15) is 88.3 Å². The third-order valence-electron chi connectivity index (χ3n) is 10.2. The summed E-state index contributed by atoms with van der Waals surface area (Å²) in [5.41, 5.74) is -2.43. The lowest BCUT2D eigenvalue weighted by Gasteiger charge is -2.47. The molecule has 1 amide bonds. The summed E-state index contributed by atoms with van der Waals surface area (Å²) >= 11 is 0. The Morgan fingerprint density at radius 3 is 1.92 bits per heavy atom. The summed E-state index contributed by atoms with van der Waals surface area (Å²) in [6.45, 7) is 4.37. The number of amides is 1. The number of aliphatic hydroxyl groups is 1. The molecule has 3 atom stereocenters. The van der Waals surface area contributed by atoms with Crippen LogP contribution in [-0.4, -0.2) is 80.6 Å². The van der Waals surface area contributed by atoms with Gasteiger partial charge in [-0.25, -0.2) is 14.8 Å². The summed E-state index contributed by atoms with van der Waals surface area (Å²) in [7, 11) is 0. The molecule has 10 nitrogen and oxygen atoms in total. The molecule has 2 aliphatic heterocycles. The molecule has 16 heteroatoms. The number of halogens is 6. The Hall–Kier alpha value is -3.82. The Morgan fingerprint density at radius 2 is 1.46 bits per heavy atom. The number of carboxylic acids is 1. The minimum atomic E-state index is -5.02. The molecule has 2 saturated heterocycles. The standard InChI is InChI=1S/C34H43F6N5O5/c1-3-24-14-26(15-25(4-2)45(24)32(49)50-29-7-5-21(6-8-29)30(47)48)44(31-41-16-27(17-42-31)43-10-9-28(46)19-43)18-20-11-22(33(35,36)37)13-23(12-20)34(38,39)40/h11-13,16-17,21,24-26,28-29,46H,3-10,14-15,18-19H2,1-2H3,(H,47,48). The molecule has 3 fully saturated rings. The predicted molar refractivity (Wildman–Crippen MR) is 170 cm³/mol. The van der Waals surface area contributed by atoms with Crippen LogP contribution in [0.2, 0.25) is 0 Å². The van der Waals surface area contributed by atoms with Gasteiger partial charge in [-0.1, -0.05) is 13.8 Å². The molecule has 2 N–H and O–H groups in total. The highest BCUT2D eigenvalue weighted by atomic mass is 19.4. The predicted octanol–water partition coefficient (Wildman–Crippen LogP) is 6.89. The van der Waals surface area contributed by atoms with Gasteiger partial charge in [0.1, 0.15) is 6.10 Å². The van der Waals surface area contributed by atoms with Crippen LogP contribution in [0.5, 0.6) is 0 Å². The van der Waals surface area contributed by atoms with Gasteiger partial charge in [-0.05, 0) is 81.5 Å². The van der Waals surface area contributed by atoms with Crippen LogP contribution in [0.4, 0.5) is 42.8 Å². The van der Waals surface area contributed by atoms with E-state index in [2.05, 4.69) is 9.97 Å². The number of hydrogen-bond donors (Lipinski definition) is 2. The molecule has 0 radical (unpaired) electrons. The molecule has 2 aromatic rings. The minimum Gasteiger partial charge on any atom is -0.481 e. The molecule has 3 aliphatic rings. The number of aliphatic carboxylic acids is 1. The quantitative estimate of drug-likeness (QED) is 0.268. The fraction of sp³-hybridized carbons (Fsp3) is 0.647. The summed E-state index contributed by atoms with van der Waals surface area (Å²) < 4.78 is 88.7. The van der Waals surface area contributed by atoms with Crippen LogP contribution in [0, 0.1) is 5.92 Å². The Labute approximate surface area is 286 Å². The van der Waals surface area contributed by atoms with E-state index < -0.39 is 59.7 Å². The number of aromatic nitrogens is 2. The maximum absolute atomic E-state index is 13.8. The summed E-state index contributed by atoms with van der Waals surface area (Å²) in [6.07, 6.45) is -4.55. The summed E-state index contributed by atoms with van der Waals surface area (Å²) in [4.78, 5) is 39.2. The van der Waals surface area contributed by atoms with Crippen molar-refractivity contribution < 1.29 is 50.9 Å². The first-order valence-corrected chi connectivity index (χ1v) is 17.1. The zero-order chi connectivity index (χ0) is 36.4. The lowest BCUT2D eigenvalue weighted by molar-refractivity contribution is -0.144. The van der Waals surface area contributed by atoms with E-state index in [0.717, 1.165) is 0 Å². The van der Waals surface area contributed by atoms with E-state index in [1.54, 1.807) is 9.80 Å². The maximum Gasteiger partial charge on any atom is 0.416 e. The zero-order valence-corrected chi connectivity index (χ0v) is 28.0. The average Bonchev–Trinajstić information content (AvgIpc) is 3.52. The molecule has 276 valence electrons. The largest absolute Gasteiger partial charge is 0.481 e. The number of anilines is 2. The van der Waals surface area contributed by atoms with Gasteiger partial charge in [-0.2, -0.15) is 26.3 Å². The van der Waals surface area contributed by atoms with Gasteiger partial charge >= 0.3 is 24.4 Å². The molecule has 1 aromatic carbocycles. The first-order chi connectivity index (χ1) is 23.6. The molecule has 3 heterocycles. The summed E-state index contributed by atoms with van der Waals surface area (Å²) in [5, 5.41) is 19.3. The van der Waals surface area contributed by atoms with Crippen molar-refractivity contribution in [2.24, 2.45) is 5.92 Å². The van der Waals surface area contributed by atoms with E-state index >= 15 is 0 Å². The van der Waals surface area contributed by atoms with Gasteiger partial charge in [0.25, 0.3) is 0 Å². The van der Waals surface area contributed by atoms with E-state index in [0.29, 0.717) is 88.7 Å². The smallest absolute Gasteiger partial charge is 0.416 e. The van der Waals surface area contributed by atoms with Gasteiger partial charge in [0.15, 0.2) is 0 Å². The fourth-order valence-electron chi connectivity index (χ4n) is 7.43. The number of carbonyl (C=O) groups excluding carboxylic acids is 1. The lowest BCUT2D eigenvalue weighted by atomic mass is 9.87.